The van der Waals surface area contributed by atoms with Gasteiger partial charge in [0.2, 0.25) is 0 Å². The zero-order valence-corrected chi connectivity index (χ0v) is 17.5. The van der Waals surface area contributed by atoms with E-state index in [1.807, 2.05) is 0 Å². The van der Waals surface area contributed by atoms with Crippen LogP contribution >= 0.6 is 0 Å². The lowest BCUT2D eigenvalue weighted by Gasteiger charge is -2.20. The molecular weight excluding hydrogens is 368 g/mol. The molecule has 1 aliphatic heterocycles. The van der Waals surface area contributed by atoms with E-state index in [-0.39, 0.29) is 0 Å². The topological polar surface area (TPSA) is 32.6 Å². The molecule has 0 bridgehead atoms. The van der Waals surface area contributed by atoms with Crippen LogP contribution in [-0.2, 0) is 6.54 Å². The normalized spacial score (nSPS) is 15.4. The average Bonchev–Trinajstić information content (AvgIpc) is 2.96. The quantitative estimate of drug-likeness (QED) is 0.539. The summed E-state index contributed by atoms with van der Waals surface area (Å²) in [5, 5.41) is 3.51. The molecule has 2 aromatic carbocycles. The van der Waals surface area contributed by atoms with Gasteiger partial charge in [0.15, 0.2) is 0 Å². The molecule has 4 nitrogen and oxygen atoms in total. The summed E-state index contributed by atoms with van der Waals surface area (Å²) in [6.45, 7) is 7.42. The first-order valence-electron chi connectivity index (χ1n) is 10.8. The molecule has 3 heterocycles. The summed E-state index contributed by atoms with van der Waals surface area (Å²) >= 11 is 0. The molecule has 5 rings (SSSR count). The van der Waals surface area contributed by atoms with Gasteiger partial charge < -0.3 is 9.72 Å². The summed E-state index contributed by atoms with van der Waals surface area (Å²) in [7, 11) is 0. The summed E-state index contributed by atoms with van der Waals surface area (Å²) in [5.74, 6) is 0. The van der Waals surface area contributed by atoms with Crippen LogP contribution in [0.25, 0.3) is 28.0 Å². The van der Waals surface area contributed by atoms with Crippen molar-refractivity contribution in [3.05, 3.63) is 84.2 Å². The van der Waals surface area contributed by atoms with Gasteiger partial charge in [0, 0.05) is 31.4 Å². The molecule has 0 aliphatic carbocycles. The highest BCUT2D eigenvalue weighted by molar-refractivity contribution is 5.72. The predicted octanol–water partition coefficient (Wildman–Crippen LogP) is 4.77. The highest BCUT2D eigenvalue weighted by Gasteiger charge is 2.19. The van der Waals surface area contributed by atoms with Gasteiger partial charge in [-0.3, -0.25) is 4.90 Å². The minimum atomic E-state index is 0.919. The molecule has 1 fully saturated rings. The number of aryl methyl sites for hydroxylation is 1. The third-order valence-electron chi connectivity index (χ3n) is 6.02. The fraction of sp³-hybridized carbons (Fsp3) is 0.269. The van der Waals surface area contributed by atoms with Gasteiger partial charge in [-0.2, -0.15) is 0 Å². The maximum Gasteiger partial charge on any atom is 0.140 e. The monoisotopic (exact) mass is 396 g/mol. The summed E-state index contributed by atoms with van der Waals surface area (Å²) in [6.07, 6.45) is 3.35. The van der Waals surface area contributed by atoms with E-state index in [4.69, 9.17) is 4.98 Å². The zero-order valence-electron chi connectivity index (χ0n) is 17.5. The lowest BCUT2D eigenvalue weighted by molar-refractivity contribution is 0.281. The standard InChI is InChI=1S/C26H28N4/c1-20-7-5-17-30-24(19-29-16-6-14-27-15-18-29)25(28-26(20)30)23-12-10-22(11-13-23)21-8-3-2-4-9-21/h2-5,7-13,17,27H,6,14-16,18-19H2,1H3. The SMILES string of the molecule is Cc1cccn2c(CN3CCCNCC3)c(-c3ccc(-c4ccccc4)cc3)nc12. The van der Waals surface area contributed by atoms with E-state index in [1.165, 1.54) is 34.4 Å². The number of fused-ring (bicyclic) bond motifs is 1. The number of nitrogens with one attached hydrogen (secondary N) is 1. The third kappa shape index (κ3) is 3.76. The second-order valence-corrected chi connectivity index (χ2v) is 8.11. The van der Waals surface area contributed by atoms with Gasteiger partial charge in [0.1, 0.15) is 5.65 Å². The Balaban J connectivity index is 1.55. The van der Waals surface area contributed by atoms with Crippen LogP contribution in [0.2, 0.25) is 0 Å². The van der Waals surface area contributed by atoms with Gasteiger partial charge in [-0.25, -0.2) is 4.98 Å². The number of rotatable bonds is 4. The number of imidazole rings is 1. The predicted molar refractivity (Wildman–Crippen MR) is 124 cm³/mol. The van der Waals surface area contributed by atoms with Crippen molar-refractivity contribution in [1.29, 1.82) is 0 Å². The Bertz CT molecular complexity index is 1120. The van der Waals surface area contributed by atoms with Gasteiger partial charge in [-0.15, -0.1) is 0 Å². The van der Waals surface area contributed by atoms with E-state index < -0.39 is 0 Å². The zero-order chi connectivity index (χ0) is 20.3. The Kier molecular flexibility index (Phi) is 5.35. The first-order chi connectivity index (χ1) is 14.8. The second-order valence-electron chi connectivity index (χ2n) is 8.11. The highest BCUT2D eigenvalue weighted by atomic mass is 15.2. The van der Waals surface area contributed by atoms with Crippen LogP contribution in [0.3, 0.4) is 0 Å². The fourth-order valence-electron chi connectivity index (χ4n) is 4.36. The molecule has 0 saturated carbocycles. The van der Waals surface area contributed by atoms with Crippen molar-refractivity contribution in [3.8, 4) is 22.4 Å². The van der Waals surface area contributed by atoms with Crippen LogP contribution in [0, 0.1) is 6.92 Å². The Hall–Kier alpha value is -2.95. The molecule has 1 aliphatic rings. The van der Waals surface area contributed by atoms with Crippen LogP contribution in [0.1, 0.15) is 17.7 Å². The molecule has 2 aromatic heterocycles. The van der Waals surface area contributed by atoms with Crippen LogP contribution in [-0.4, -0.2) is 40.5 Å². The summed E-state index contributed by atoms with van der Waals surface area (Å²) in [4.78, 5) is 7.64. The van der Waals surface area contributed by atoms with E-state index >= 15 is 0 Å². The van der Waals surface area contributed by atoms with Crippen molar-refractivity contribution in [2.45, 2.75) is 19.9 Å². The maximum absolute atomic E-state index is 5.09. The summed E-state index contributed by atoms with van der Waals surface area (Å²) in [5.41, 5.74) is 8.31. The van der Waals surface area contributed by atoms with E-state index in [9.17, 15) is 0 Å². The number of nitrogens with zero attached hydrogens (tertiary/aromatic N) is 3. The Morgan fingerprint density at radius 1 is 0.833 bits per heavy atom. The Morgan fingerprint density at radius 2 is 1.60 bits per heavy atom. The number of hydrogen-bond acceptors (Lipinski definition) is 3. The minimum Gasteiger partial charge on any atom is -0.315 e. The van der Waals surface area contributed by atoms with Gasteiger partial charge in [0.25, 0.3) is 0 Å². The molecule has 1 N–H and O–H groups in total. The van der Waals surface area contributed by atoms with Crippen LogP contribution in [0.15, 0.2) is 72.9 Å². The molecule has 0 spiro atoms. The smallest absolute Gasteiger partial charge is 0.140 e. The third-order valence-corrected chi connectivity index (χ3v) is 6.02. The summed E-state index contributed by atoms with van der Waals surface area (Å²) < 4.78 is 2.29. The number of pyridine rings is 1. The molecule has 0 atom stereocenters. The average molecular weight is 397 g/mol. The van der Waals surface area contributed by atoms with Crippen LogP contribution < -0.4 is 5.32 Å². The lowest BCUT2D eigenvalue weighted by Crippen LogP contribution is -2.28. The minimum absolute atomic E-state index is 0.919. The van der Waals surface area contributed by atoms with Crippen molar-refractivity contribution < 1.29 is 0 Å². The van der Waals surface area contributed by atoms with Gasteiger partial charge >= 0.3 is 0 Å². The molecule has 4 heteroatoms. The molecule has 4 aromatic rings. The number of hydrogen-bond donors (Lipinski definition) is 1. The Labute approximate surface area is 178 Å². The fourth-order valence-corrected chi connectivity index (χ4v) is 4.36. The molecule has 1 saturated heterocycles. The van der Waals surface area contributed by atoms with Crippen molar-refractivity contribution in [3.63, 3.8) is 0 Å². The number of benzene rings is 2. The maximum atomic E-state index is 5.09. The van der Waals surface area contributed by atoms with E-state index in [0.29, 0.717) is 0 Å². The lowest BCUT2D eigenvalue weighted by atomic mass is 10.0. The van der Waals surface area contributed by atoms with Crippen LogP contribution in [0.4, 0.5) is 0 Å². The van der Waals surface area contributed by atoms with Gasteiger partial charge in [-0.05, 0) is 49.2 Å². The van der Waals surface area contributed by atoms with Crippen molar-refractivity contribution in [2.75, 3.05) is 26.2 Å². The van der Waals surface area contributed by atoms with Crippen molar-refractivity contribution in [2.24, 2.45) is 0 Å². The van der Waals surface area contributed by atoms with Crippen molar-refractivity contribution >= 4 is 5.65 Å². The van der Waals surface area contributed by atoms with Crippen molar-refractivity contribution in [1.82, 2.24) is 19.6 Å². The van der Waals surface area contributed by atoms with Gasteiger partial charge in [-0.1, -0.05) is 60.7 Å². The summed E-state index contributed by atoms with van der Waals surface area (Å²) in [6, 6.07) is 23.7. The first-order valence-corrected chi connectivity index (χ1v) is 10.8. The highest BCUT2D eigenvalue weighted by Crippen LogP contribution is 2.29. The molecule has 0 amide bonds. The molecular formula is C26H28N4. The number of aromatic nitrogens is 2. The molecule has 30 heavy (non-hydrogen) atoms. The molecule has 152 valence electrons. The van der Waals surface area contributed by atoms with Gasteiger partial charge in [0.05, 0.1) is 11.4 Å². The Morgan fingerprint density at radius 3 is 2.43 bits per heavy atom. The van der Waals surface area contributed by atoms with E-state index in [0.717, 1.165) is 44.1 Å². The largest absolute Gasteiger partial charge is 0.315 e. The van der Waals surface area contributed by atoms with E-state index in [2.05, 4.69) is 94.5 Å². The first kappa shape index (κ1) is 19.0. The van der Waals surface area contributed by atoms with E-state index in [1.54, 1.807) is 0 Å². The second kappa shape index (κ2) is 8.42. The molecule has 0 radical (unpaired) electrons. The molecule has 0 unspecified atom stereocenters. The van der Waals surface area contributed by atoms with Crippen LogP contribution in [0.5, 0.6) is 0 Å².